The SMILES string of the molecule is CCn1nccc1-c1cncc([C@@H]2CCCN2C(=O)COC)n1. The van der Waals surface area contributed by atoms with Crippen LogP contribution in [0.5, 0.6) is 0 Å². The second kappa shape index (κ2) is 6.87. The highest BCUT2D eigenvalue weighted by Gasteiger charge is 2.31. The highest BCUT2D eigenvalue weighted by Crippen LogP contribution is 2.31. The van der Waals surface area contributed by atoms with Gasteiger partial charge in [-0.25, -0.2) is 4.98 Å². The summed E-state index contributed by atoms with van der Waals surface area (Å²) in [4.78, 5) is 23.1. The van der Waals surface area contributed by atoms with Gasteiger partial charge < -0.3 is 9.64 Å². The monoisotopic (exact) mass is 315 g/mol. The molecule has 0 aliphatic carbocycles. The van der Waals surface area contributed by atoms with Gasteiger partial charge in [-0.3, -0.25) is 14.5 Å². The average Bonchev–Trinajstić information content (AvgIpc) is 3.24. The quantitative estimate of drug-likeness (QED) is 0.839. The fraction of sp³-hybridized carbons (Fsp3) is 0.500. The third-order valence-corrected chi connectivity index (χ3v) is 4.11. The molecular weight excluding hydrogens is 294 g/mol. The third kappa shape index (κ3) is 3.10. The van der Waals surface area contributed by atoms with Crippen molar-refractivity contribution in [2.45, 2.75) is 32.4 Å². The van der Waals surface area contributed by atoms with Crippen LogP contribution in [0.15, 0.2) is 24.7 Å². The Morgan fingerprint density at radius 2 is 2.30 bits per heavy atom. The summed E-state index contributed by atoms with van der Waals surface area (Å²) < 4.78 is 6.86. The lowest BCUT2D eigenvalue weighted by atomic mass is 10.1. The van der Waals surface area contributed by atoms with E-state index in [2.05, 4.69) is 10.1 Å². The Hall–Kier alpha value is -2.28. The van der Waals surface area contributed by atoms with Crippen LogP contribution in [0.2, 0.25) is 0 Å². The lowest BCUT2D eigenvalue weighted by Crippen LogP contribution is -2.33. The van der Waals surface area contributed by atoms with E-state index < -0.39 is 0 Å². The first-order valence-electron chi connectivity index (χ1n) is 7.87. The minimum atomic E-state index is -0.0249. The number of rotatable bonds is 5. The number of ether oxygens (including phenoxy) is 1. The van der Waals surface area contributed by atoms with E-state index in [0.29, 0.717) is 0 Å². The van der Waals surface area contributed by atoms with E-state index in [1.807, 2.05) is 22.6 Å². The van der Waals surface area contributed by atoms with Gasteiger partial charge in [0.15, 0.2) is 0 Å². The van der Waals surface area contributed by atoms with Crippen molar-refractivity contribution in [3.63, 3.8) is 0 Å². The van der Waals surface area contributed by atoms with E-state index in [1.165, 1.54) is 7.11 Å². The largest absolute Gasteiger partial charge is 0.375 e. The third-order valence-electron chi connectivity index (χ3n) is 4.11. The van der Waals surface area contributed by atoms with Crippen LogP contribution in [0.3, 0.4) is 0 Å². The number of methoxy groups -OCH3 is 1. The van der Waals surface area contributed by atoms with E-state index in [9.17, 15) is 4.79 Å². The molecule has 122 valence electrons. The summed E-state index contributed by atoms with van der Waals surface area (Å²) in [5.41, 5.74) is 2.55. The Balaban J connectivity index is 1.89. The molecule has 0 bridgehead atoms. The van der Waals surface area contributed by atoms with Gasteiger partial charge in [0.2, 0.25) is 5.91 Å². The Morgan fingerprint density at radius 3 is 3.09 bits per heavy atom. The number of aryl methyl sites for hydroxylation is 1. The first kappa shape index (κ1) is 15.6. The number of amides is 1. The van der Waals surface area contributed by atoms with Gasteiger partial charge in [-0.05, 0) is 25.8 Å². The lowest BCUT2D eigenvalue weighted by Gasteiger charge is -2.24. The molecule has 0 aromatic carbocycles. The minimum Gasteiger partial charge on any atom is -0.375 e. The van der Waals surface area contributed by atoms with Crippen molar-refractivity contribution in [1.29, 1.82) is 0 Å². The van der Waals surface area contributed by atoms with Crippen LogP contribution < -0.4 is 0 Å². The molecule has 1 atom stereocenters. The summed E-state index contributed by atoms with van der Waals surface area (Å²) in [6.45, 7) is 3.66. The van der Waals surface area contributed by atoms with Crippen molar-refractivity contribution in [3.8, 4) is 11.4 Å². The number of carbonyl (C=O) groups is 1. The molecule has 0 radical (unpaired) electrons. The number of hydrogen-bond acceptors (Lipinski definition) is 5. The standard InChI is InChI=1S/C16H21N5O2/c1-3-21-15(6-7-18-21)13-10-17-9-12(19-13)14-5-4-8-20(14)16(22)11-23-2/h6-7,9-10,14H,3-5,8,11H2,1-2H3/t14-/m0/s1. The van der Waals surface area contributed by atoms with Crippen molar-refractivity contribution in [2.24, 2.45) is 0 Å². The van der Waals surface area contributed by atoms with Gasteiger partial charge in [0, 0.05) is 26.4 Å². The topological polar surface area (TPSA) is 73.1 Å². The van der Waals surface area contributed by atoms with Gasteiger partial charge in [0.1, 0.15) is 12.3 Å². The summed E-state index contributed by atoms with van der Waals surface area (Å²) in [6, 6.07) is 1.91. The Morgan fingerprint density at radius 1 is 1.43 bits per heavy atom. The predicted molar refractivity (Wildman–Crippen MR) is 84.5 cm³/mol. The van der Waals surface area contributed by atoms with E-state index in [0.717, 1.165) is 43.0 Å². The van der Waals surface area contributed by atoms with E-state index >= 15 is 0 Å². The average molecular weight is 315 g/mol. The molecular formula is C16H21N5O2. The predicted octanol–water partition coefficient (Wildman–Crippen LogP) is 1.67. The van der Waals surface area contributed by atoms with Crippen molar-refractivity contribution >= 4 is 5.91 Å². The van der Waals surface area contributed by atoms with Gasteiger partial charge in [0.25, 0.3) is 0 Å². The fourth-order valence-electron chi connectivity index (χ4n) is 3.05. The number of nitrogens with zero attached hydrogens (tertiary/aromatic N) is 5. The fourth-order valence-corrected chi connectivity index (χ4v) is 3.05. The molecule has 7 heteroatoms. The zero-order valence-corrected chi connectivity index (χ0v) is 13.5. The molecule has 3 rings (SSSR count). The molecule has 1 aliphatic heterocycles. The normalized spacial score (nSPS) is 17.7. The maximum absolute atomic E-state index is 12.2. The molecule has 7 nitrogen and oxygen atoms in total. The highest BCUT2D eigenvalue weighted by molar-refractivity contribution is 5.78. The van der Waals surface area contributed by atoms with Gasteiger partial charge in [0.05, 0.1) is 29.8 Å². The van der Waals surface area contributed by atoms with Crippen molar-refractivity contribution in [1.82, 2.24) is 24.6 Å². The van der Waals surface area contributed by atoms with E-state index in [1.54, 1.807) is 18.6 Å². The Labute approximate surface area is 135 Å². The molecule has 3 heterocycles. The van der Waals surface area contributed by atoms with Crippen LogP contribution in [0.1, 0.15) is 31.5 Å². The lowest BCUT2D eigenvalue weighted by molar-refractivity contribution is -0.136. The summed E-state index contributed by atoms with van der Waals surface area (Å²) in [5.74, 6) is 0.000744. The van der Waals surface area contributed by atoms with Crippen LogP contribution >= 0.6 is 0 Å². The van der Waals surface area contributed by atoms with E-state index in [-0.39, 0.29) is 18.6 Å². The van der Waals surface area contributed by atoms with Crippen molar-refractivity contribution in [2.75, 3.05) is 20.3 Å². The first-order valence-corrected chi connectivity index (χ1v) is 7.87. The molecule has 1 aliphatic rings. The zero-order valence-electron chi connectivity index (χ0n) is 13.5. The number of carbonyl (C=O) groups excluding carboxylic acids is 1. The second-order valence-electron chi connectivity index (χ2n) is 5.54. The number of aromatic nitrogens is 4. The molecule has 0 unspecified atom stereocenters. The molecule has 1 amide bonds. The minimum absolute atomic E-state index is 0.000744. The van der Waals surface area contributed by atoms with Crippen LogP contribution in [-0.4, -0.2) is 50.8 Å². The molecule has 2 aromatic rings. The highest BCUT2D eigenvalue weighted by atomic mass is 16.5. The van der Waals surface area contributed by atoms with Crippen molar-refractivity contribution < 1.29 is 9.53 Å². The smallest absolute Gasteiger partial charge is 0.249 e. The summed E-state index contributed by atoms with van der Waals surface area (Å²) in [7, 11) is 1.54. The van der Waals surface area contributed by atoms with Gasteiger partial charge in [-0.2, -0.15) is 5.10 Å². The van der Waals surface area contributed by atoms with E-state index in [4.69, 9.17) is 9.72 Å². The first-order chi connectivity index (χ1) is 11.2. The van der Waals surface area contributed by atoms with Gasteiger partial charge in [-0.1, -0.05) is 0 Å². The molecule has 0 N–H and O–H groups in total. The molecule has 0 spiro atoms. The summed E-state index contributed by atoms with van der Waals surface area (Å²) >= 11 is 0. The van der Waals surface area contributed by atoms with Crippen LogP contribution in [0.4, 0.5) is 0 Å². The maximum Gasteiger partial charge on any atom is 0.249 e. The van der Waals surface area contributed by atoms with Crippen LogP contribution in [-0.2, 0) is 16.1 Å². The number of hydrogen-bond donors (Lipinski definition) is 0. The second-order valence-corrected chi connectivity index (χ2v) is 5.54. The molecule has 23 heavy (non-hydrogen) atoms. The van der Waals surface area contributed by atoms with Gasteiger partial charge in [-0.15, -0.1) is 0 Å². The molecule has 1 saturated heterocycles. The Bertz CT molecular complexity index is 685. The number of likely N-dealkylation sites (tertiary alicyclic amines) is 1. The Kier molecular flexibility index (Phi) is 4.66. The maximum atomic E-state index is 12.2. The molecule has 0 saturated carbocycles. The van der Waals surface area contributed by atoms with Crippen LogP contribution in [0, 0.1) is 0 Å². The van der Waals surface area contributed by atoms with Gasteiger partial charge >= 0.3 is 0 Å². The summed E-state index contributed by atoms with van der Waals surface area (Å²) in [5, 5.41) is 4.27. The zero-order chi connectivity index (χ0) is 16.2. The van der Waals surface area contributed by atoms with Crippen molar-refractivity contribution in [3.05, 3.63) is 30.4 Å². The molecule has 1 fully saturated rings. The van der Waals surface area contributed by atoms with Crippen LogP contribution in [0.25, 0.3) is 11.4 Å². The molecule has 2 aromatic heterocycles. The summed E-state index contributed by atoms with van der Waals surface area (Å²) in [6.07, 6.45) is 7.12.